The van der Waals surface area contributed by atoms with Crippen LogP contribution in [0, 0.1) is 11.3 Å². The van der Waals surface area contributed by atoms with Gasteiger partial charge in [0.1, 0.15) is 0 Å². The van der Waals surface area contributed by atoms with Crippen LogP contribution in [0.15, 0.2) is 101 Å². The molecule has 0 amide bonds. The van der Waals surface area contributed by atoms with Crippen LogP contribution in [-0.2, 0) is 10.3 Å². The summed E-state index contributed by atoms with van der Waals surface area (Å²) in [7, 11) is 0. The van der Waals surface area contributed by atoms with Crippen LogP contribution in [0.4, 0.5) is 0 Å². The quantitative estimate of drug-likeness (QED) is 0.450. The van der Waals surface area contributed by atoms with E-state index >= 15 is 0 Å². The van der Waals surface area contributed by atoms with Crippen molar-refractivity contribution in [3.63, 3.8) is 0 Å². The summed E-state index contributed by atoms with van der Waals surface area (Å²) in [6.07, 6.45) is -0.429. The Morgan fingerprint density at radius 2 is 1.21 bits per heavy atom. The molecule has 0 aliphatic carbocycles. The van der Waals surface area contributed by atoms with E-state index < -0.39 is 23.5 Å². The predicted octanol–water partition coefficient (Wildman–Crippen LogP) is 5.19. The zero-order valence-electron chi connectivity index (χ0n) is 16.1. The molecule has 0 spiro atoms. The summed E-state index contributed by atoms with van der Waals surface area (Å²) in [5.74, 6) is -1.10. The lowest BCUT2D eigenvalue weighted by Gasteiger charge is -2.31. The number of carboxylic acid groups (broad SMARTS) is 1. The number of rotatable bonds is 7. The molecule has 3 aromatic carbocycles. The molecule has 29 heavy (non-hydrogen) atoms. The van der Waals surface area contributed by atoms with Crippen LogP contribution >= 0.6 is 0 Å². The third-order valence-corrected chi connectivity index (χ3v) is 4.73. The molecule has 3 rings (SSSR count). The number of hydrogen-bond donors (Lipinski definition) is 1. The Balaban J connectivity index is 2.30. The Labute approximate surface area is 170 Å². The van der Waals surface area contributed by atoms with Crippen LogP contribution in [0.1, 0.15) is 30.0 Å². The minimum absolute atomic E-state index is 0.429. The number of hydrogen-bond acceptors (Lipinski definition) is 4. The van der Waals surface area contributed by atoms with Gasteiger partial charge < -0.3 is 5.11 Å². The van der Waals surface area contributed by atoms with Crippen molar-refractivity contribution >= 4 is 5.97 Å². The van der Waals surface area contributed by atoms with E-state index in [0.29, 0.717) is 0 Å². The van der Waals surface area contributed by atoms with Gasteiger partial charge in [-0.15, -0.1) is 0 Å². The second-order valence-electron chi connectivity index (χ2n) is 6.96. The first-order chi connectivity index (χ1) is 14.0. The Bertz CT molecular complexity index is 931. The maximum absolute atomic E-state index is 11.3. The molecule has 1 unspecified atom stereocenters. The fourth-order valence-electron chi connectivity index (χ4n) is 3.29. The monoisotopic (exact) mass is 383 g/mol. The Kier molecular flexibility index (Phi) is 5.85. The van der Waals surface area contributed by atoms with E-state index in [1.807, 2.05) is 97.1 Å². The second kappa shape index (κ2) is 8.49. The van der Waals surface area contributed by atoms with Gasteiger partial charge in [-0.1, -0.05) is 91.0 Å². The second-order valence-corrected chi connectivity index (χ2v) is 6.96. The normalized spacial score (nSPS) is 13.5. The van der Waals surface area contributed by atoms with Gasteiger partial charge in [-0.2, -0.15) is 15.5 Å². The topological polar surface area (TPSA) is 85.8 Å². The van der Waals surface area contributed by atoms with Gasteiger partial charge in [0.15, 0.2) is 11.1 Å². The fourth-order valence-corrected chi connectivity index (χ4v) is 3.29. The van der Waals surface area contributed by atoms with E-state index in [1.165, 1.54) is 6.92 Å². The Morgan fingerprint density at radius 1 is 0.828 bits per heavy atom. The first-order valence-corrected chi connectivity index (χ1v) is 9.24. The van der Waals surface area contributed by atoms with Gasteiger partial charge in [-0.05, 0) is 23.6 Å². The van der Waals surface area contributed by atoms with Crippen molar-refractivity contribution in [2.45, 2.75) is 24.4 Å². The minimum atomic E-state index is -1.48. The molecule has 0 aliphatic heterocycles. The van der Waals surface area contributed by atoms with Gasteiger partial charge in [0, 0.05) is 0 Å². The zero-order chi connectivity index (χ0) is 20.7. The van der Waals surface area contributed by atoms with Gasteiger partial charge in [0.25, 0.3) is 0 Å². The summed E-state index contributed by atoms with van der Waals surface area (Å²) in [5, 5.41) is 27.8. The predicted molar refractivity (Wildman–Crippen MR) is 110 cm³/mol. The molecule has 0 radical (unpaired) electrons. The molecule has 144 valence electrons. The molecule has 0 bridgehead atoms. The average Bonchev–Trinajstić information content (AvgIpc) is 2.76. The lowest BCUT2D eigenvalue weighted by Crippen LogP contribution is -2.29. The summed E-state index contributed by atoms with van der Waals surface area (Å²) in [5.41, 5.74) is 0.126. The summed E-state index contributed by atoms with van der Waals surface area (Å²) < 4.78 is 0. The molecular weight excluding hydrogens is 362 g/mol. The van der Waals surface area contributed by atoms with E-state index in [-0.39, 0.29) is 0 Å². The van der Waals surface area contributed by atoms with Gasteiger partial charge in [0.05, 0.1) is 12.5 Å². The molecule has 0 fully saturated rings. The largest absolute Gasteiger partial charge is 0.481 e. The highest BCUT2D eigenvalue weighted by atomic mass is 16.4. The number of nitrogens with zero attached hydrogens (tertiary/aromatic N) is 3. The highest BCUT2D eigenvalue weighted by molar-refractivity contribution is 5.69. The molecular formula is C24H21N3O2. The standard InChI is InChI=1S/C24H21N3O2/c1-23(18-25,17-22(28)29)26-27-24(19-11-5-2-6-12-19,20-13-7-3-8-14-20)21-15-9-4-10-16-21/h2-16H,17H2,1H3,(H,28,29). The molecule has 5 nitrogen and oxygen atoms in total. The number of nitriles is 1. The molecule has 1 atom stereocenters. The van der Waals surface area contributed by atoms with Crippen molar-refractivity contribution in [2.24, 2.45) is 10.2 Å². The fraction of sp³-hybridized carbons (Fsp3) is 0.167. The first kappa shape index (κ1) is 20.0. The summed E-state index contributed by atoms with van der Waals surface area (Å²) in [6.45, 7) is 1.48. The van der Waals surface area contributed by atoms with Gasteiger partial charge >= 0.3 is 5.97 Å². The minimum Gasteiger partial charge on any atom is -0.481 e. The molecule has 0 aromatic heterocycles. The zero-order valence-corrected chi connectivity index (χ0v) is 16.1. The molecule has 0 aliphatic rings. The van der Waals surface area contributed by atoms with Crippen molar-refractivity contribution < 1.29 is 9.90 Å². The van der Waals surface area contributed by atoms with Crippen molar-refractivity contribution in [1.82, 2.24) is 0 Å². The maximum atomic E-state index is 11.3. The molecule has 0 saturated heterocycles. The van der Waals surface area contributed by atoms with E-state index in [2.05, 4.69) is 5.11 Å². The van der Waals surface area contributed by atoms with Gasteiger partial charge in [0.2, 0.25) is 0 Å². The number of azo groups is 1. The van der Waals surface area contributed by atoms with Crippen LogP contribution in [0.2, 0.25) is 0 Å². The summed E-state index contributed by atoms with van der Waals surface area (Å²) in [6, 6.07) is 31.0. The lowest BCUT2D eigenvalue weighted by atomic mass is 9.78. The highest BCUT2D eigenvalue weighted by Crippen LogP contribution is 2.41. The summed E-state index contributed by atoms with van der Waals surface area (Å²) >= 11 is 0. The number of benzene rings is 3. The summed E-state index contributed by atoms with van der Waals surface area (Å²) in [4.78, 5) is 11.3. The molecule has 0 saturated carbocycles. The van der Waals surface area contributed by atoms with Crippen molar-refractivity contribution in [1.29, 1.82) is 5.26 Å². The number of aliphatic carboxylic acids is 1. The van der Waals surface area contributed by atoms with Crippen molar-refractivity contribution in [3.8, 4) is 6.07 Å². The average molecular weight is 383 g/mol. The molecule has 5 heteroatoms. The van der Waals surface area contributed by atoms with Gasteiger partial charge in [-0.25, -0.2) is 0 Å². The lowest BCUT2D eigenvalue weighted by molar-refractivity contribution is -0.137. The number of carbonyl (C=O) groups is 1. The molecule has 3 aromatic rings. The number of carboxylic acids is 1. The molecule has 1 N–H and O–H groups in total. The van der Waals surface area contributed by atoms with Crippen molar-refractivity contribution in [3.05, 3.63) is 108 Å². The van der Waals surface area contributed by atoms with Crippen LogP contribution in [0.3, 0.4) is 0 Å². The van der Waals surface area contributed by atoms with E-state index in [4.69, 9.17) is 5.11 Å². The van der Waals surface area contributed by atoms with Crippen LogP contribution in [0.25, 0.3) is 0 Å². The third kappa shape index (κ3) is 4.22. The SMILES string of the molecule is CC(C#N)(CC(=O)O)N=NC(c1ccccc1)(c1ccccc1)c1ccccc1. The molecule has 0 heterocycles. The van der Waals surface area contributed by atoms with E-state index in [0.717, 1.165) is 16.7 Å². The smallest absolute Gasteiger partial charge is 0.306 e. The van der Waals surface area contributed by atoms with Gasteiger partial charge in [-0.3, -0.25) is 4.79 Å². The maximum Gasteiger partial charge on any atom is 0.306 e. The van der Waals surface area contributed by atoms with Crippen molar-refractivity contribution in [2.75, 3.05) is 0 Å². The highest BCUT2D eigenvalue weighted by Gasteiger charge is 2.38. The van der Waals surface area contributed by atoms with Crippen LogP contribution in [0.5, 0.6) is 0 Å². The Morgan fingerprint density at radius 3 is 1.52 bits per heavy atom. The van der Waals surface area contributed by atoms with E-state index in [9.17, 15) is 15.2 Å². The first-order valence-electron chi connectivity index (χ1n) is 9.24. The Hall–Kier alpha value is -3.78. The third-order valence-electron chi connectivity index (χ3n) is 4.73. The van der Waals surface area contributed by atoms with Crippen LogP contribution in [-0.4, -0.2) is 16.6 Å². The van der Waals surface area contributed by atoms with E-state index in [1.54, 1.807) is 0 Å². The van der Waals surface area contributed by atoms with Crippen LogP contribution < -0.4 is 0 Å².